The maximum atomic E-state index is 6.38. The van der Waals surface area contributed by atoms with Crippen LogP contribution in [0.25, 0.3) is 5.70 Å². The van der Waals surface area contributed by atoms with Crippen molar-refractivity contribution in [3.05, 3.63) is 88.3 Å². The van der Waals surface area contributed by atoms with Crippen molar-refractivity contribution in [2.75, 3.05) is 0 Å². The number of nitrogens with zero attached hydrogens (tertiary/aromatic N) is 3. The molecule has 4 N–H and O–H groups in total. The van der Waals surface area contributed by atoms with Crippen molar-refractivity contribution in [2.45, 2.75) is 13.0 Å². The summed E-state index contributed by atoms with van der Waals surface area (Å²) >= 11 is 1.59. The Morgan fingerprint density at radius 2 is 1.88 bits per heavy atom. The first-order chi connectivity index (χ1) is 11.7. The van der Waals surface area contributed by atoms with Crippen molar-refractivity contribution in [1.29, 1.82) is 0 Å². The van der Waals surface area contributed by atoms with Crippen LogP contribution >= 0.6 is 11.3 Å². The monoisotopic (exact) mass is 337 g/mol. The van der Waals surface area contributed by atoms with Crippen LogP contribution in [0, 0.1) is 6.92 Å². The van der Waals surface area contributed by atoms with Gasteiger partial charge in [-0.15, -0.1) is 11.3 Å². The van der Waals surface area contributed by atoms with Gasteiger partial charge in [0.1, 0.15) is 6.04 Å². The van der Waals surface area contributed by atoms with Gasteiger partial charge in [-0.1, -0.05) is 36.4 Å². The summed E-state index contributed by atoms with van der Waals surface area (Å²) in [6.45, 7) is 1.99. The van der Waals surface area contributed by atoms with Gasteiger partial charge in [0.2, 0.25) is 0 Å². The SMILES string of the molecule is Cc1ncsc1C(c1ccccc1)N(N)/C=C(\N)c1ccccn1. The molecular formula is C18H19N5S. The molecule has 3 rings (SSSR count). The first kappa shape index (κ1) is 16.2. The molecule has 24 heavy (non-hydrogen) atoms. The molecule has 1 atom stereocenters. The van der Waals surface area contributed by atoms with Gasteiger partial charge in [0.25, 0.3) is 0 Å². The van der Waals surface area contributed by atoms with Crippen LogP contribution in [0.5, 0.6) is 0 Å². The number of hydrazine groups is 1. The molecule has 122 valence electrons. The zero-order valence-electron chi connectivity index (χ0n) is 13.3. The second-order valence-corrected chi connectivity index (χ2v) is 6.25. The topological polar surface area (TPSA) is 81.1 Å². The third-order valence-electron chi connectivity index (χ3n) is 3.69. The minimum atomic E-state index is -0.152. The van der Waals surface area contributed by atoms with E-state index in [9.17, 15) is 0 Å². The molecule has 0 aliphatic carbocycles. The number of benzene rings is 1. The van der Waals surface area contributed by atoms with E-state index >= 15 is 0 Å². The van der Waals surface area contributed by atoms with E-state index in [1.807, 2.05) is 48.8 Å². The lowest BCUT2D eigenvalue weighted by Crippen LogP contribution is -2.32. The molecule has 0 aliphatic rings. The summed E-state index contributed by atoms with van der Waals surface area (Å²) < 4.78 is 0. The number of pyridine rings is 1. The highest BCUT2D eigenvalue weighted by atomic mass is 32.1. The number of rotatable bonds is 5. The molecule has 0 amide bonds. The van der Waals surface area contributed by atoms with Crippen molar-refractivity contribution >= 4 is 17.0 Å². The van der Waals surface area contributed by atoms with E-state index < -0.39 is 0 Å². The van der Waals surface area contributed by atoms with Crippen LogP contribution < -0.4 is 11.6 Å². The summed E-state index contributed by atoms with van der Waals surface area (Å²) in [5.41, 5.74) is 11.3. The van der Waals surface area contributed by atoms with Crippen molar-refractivity contribution < 1.29 is 0 Å². The third-order valence-corrected chi connectivity index (χ3v) is 4.68. The maximum Gasteiger partial charge on any atom is 0.106 e. The fourth-order valence-electron chi connectivity index (χ4n) is 2.50. The summed E-state index contributed by atoms with van der Waals surface area (Å²) in [5, 5.41) is 1.62. The number of aryl methyl sites for hydroxylation is 1. The Kier molecular flexibility index (Phi) is 4.88. The van der Waals surface area contributed by atoms with Crippen molar-refractivity contribution in [3.8, 4) is 0 Å². The Bertz CT molecular complexity index is 814. The quantitative estimate of drug-likeness (QED) is 0.552. The van der Waals surface area contributed by atoms with E-state index in [1.54, 1.807) is 28.7 Å². The van der Waals surface area contributed by atoms with E-state index in [1.165, 1.54) is 0 Å². The van der Waals surface area contributed by atoms with Crippen LogP contribution in [0.15, 0.2) is 66.4 Å². The Balaban J connectivity index is 1.98. The first-order valence-corrected chi connectivity index (χ1v) is 8.41. The molecule has 0 saturated heterocycles. The number of hydrogen-bond acceptors (Lipinski definition) is 6. The largest absolute Gasteiger partial charge is 0.396 e. The van der Waals surface area contributed by atoms with Gasteiger partial charge in [0, 0.05) is 12.4 Å². The number of nitrogens with two attached hydrogens (primary N) is 2. The normalized spacial score (nSPS) is 12.8. The molecule has 0 radical (unpaired) electrons. The molecule has 2 heterocycles. The predicted octanol–water partition coefficient (Wildman–Crippen LogP) is 3.07. The third kappa shape index (κ3) is 3.45. The molecule has 2 aromatic heterocycles. The molecule has 0 bridgehead atoms. The van der Waals surface area contributed by atoms with E-state index in [0.29, 0.717) is 11.4 Å². The molecule has 1 unspecified atom stereocenters. The Morgan fingerprint density at radius 3 is 2.50 bits per heavy atom. The Morgan fingerprint density at radius 1 is 1.12 bits per heavy atom. The van der Waals surface area contributed by atoms with E-state index in [0.717, 1.165) is 16.1 Å². The van der Waals surface area contributed by atoms with Crippen LogP contribution in [0.4, 0.5) is 0 Å². The van der Waals surface area contributed by atoms with Crippen LogP contribution in [0.3, 0.4) is 0 Å². The van der Waals surface area contributed by atoms with Crippen molar-refractivity contribution in [1.82, 2.24) is 15.0 Å². The molecular weight excluding hydrogens is 318 g/mol. The molecule has 6 heteroatoms. The lowest BCUT2D eigenvalue weighted by atomic mass is 10.0. The van der Waals surface area contributed by atoms with Crippen LogP contribution in [0.2, 0.25) is 0 Å². The van der Waals surface area contributed by atoms with E-state index in [-0.39, 0.29) is 6.04 Å². The molecule has 3 aromatic rings. The second-order valence-electron chi connectivity index (χ2n) is 5.36. The molecule has 5 nitrogen and oxygen atoms in total. The van der Waals surface area contributed by atoms with Gasteiger partial charge in [0.05, 0.1) is 27.5 Å². The lowest BCUT2D eigenvalue weighted by Gasteiger charge is -2.26. The van der Waals surface area contributed by atoms with Gasteiger partial charge in [-0.3, -0.25) is 4.98 Å². The average molecular weight is 337 g/mol. The Hall–Kier alpha value is -2.70. The average Bonchev–Trinajstić information content (AvgIpc) is 3.02. The minimum Gasteiger partial charge on any atom is -0.396 e. The summed E-state index contributed by atoms with van der Waals surface area (Å²) in [4.78, 5) is 9.71. The summed E-state index contributed by atoms with van der Waals surface area (Å²) in [7, 11) is 0. The predicted molar refractivity (Wildman–Crippen MR) is 97.6 cm³/mol. The second kappa shape index (κ2) is 7.25. The zero-order chi connectivity index (χ0) is 16.9. The molecule has 1 aromatic carbocycles. The number of hydrogen-bond donors (Lipinski definition) is 2. The van der Waals surface area contributed by atoms with Crippen molar-refractivity contribution in [3.63, 3.8) is 0 Å². The molecule has 0 spiro atoms. The highest BCUT2D eigenvalue weighted by molar-refractivity contribution is 7.09. The van der Waals surface area contributed by atoms with E-state index in [4.69, 9.17) is 11.6 Å². The van der Waals surface area contributed by atoms with Crippen molar-refractivity contribution in [2.24, 2.45) is 11.6 Å². The standard InChI is InChI=1S/C18H19N5S/c1-13-18(24-12-22-13)17(14-7-3-2-4-8-14)23(20)11-15(19)16-9-5-6-10-21-16/h2-12,17H,19-20H2,1H3/b15-11-. The highest BCUT2D eigenvalue weighted by Crippen LogP contribution is 2.32. The van der Waals surface area contributed by atoms with Crippen LogP contribution in [0.1, 0.15) is 27.9 Å². The van der Waals surface area contributed by atoms with Crippen LogP contribution in [-0.2, 0) is 0 Å². The van der Waals surface area contributed by atoms with Gasteiger partial charge >= 0.3 is 0 Å². The van der Waals surface area contributed by atoms with E-state index in [2.05, 4.69) is 22.1 Å². The minimum absolute atomic E-state index is 0.152. The Labute approximate surface area is 145 Å². The molecule has 0 aliphatic heterocycles. The first-order valence-electron chi connectivity index (χ1n) is 7.53. The lowest BCUT2D eigenvalue weighted by molar-refractivity contribution is 0.333. The molecule has 0 fully saturated rings. The van der Waals surface area contributed by atoms with Gasteiger partial charge in [-0.2, -0.15) is 0 Å². The maximum absolute atomic E-state index is 6.38. The molecule has 0 saturated carbocycles. The summed E-state index contributed by atoms with van der Waals surface area (Å²) in [6.07, 6.45) is 3.43. The highest BCUT2D eigenvalue weighted by Gasteiger charge is 2.22. The fraction of sp³-hybridized carbons (Fsp3) is 0.111. The van der Waals surface area contributed by atoms with Crippen LogP contribution in [-0.4, -0.2) is 15.0 Å². The number of thiazole rings is 1. The summed E-state index contributed by atoms with van der Waals surface area (Å²) in [5.74, 6) is 6.38. The summed E-state index contributed by atoms with van der Waals surface area (Å²) in [6, 6.07) is 15.5. The van der Waals surface area contributed by atoms with Gasteiger partial charge in [-0.05, 0) is 24.6 Å². The zero-order valence-corrected chi connectivity index (χ0v) is 14.1. The van der Waals surface area contributed by atoms with Gasteiger partial charge in [0.15, 0.2) is 0 Å². The van der Waals surface area contributed by atoms with Gasteiger partial charge in [-0.25, -0.2) is 10.8 Å². The smallest absolute Gasteiger partial charge is 0.106 e. The fourth-order valence-corrected chi connectivity index (χ4v) is 3.44. The number of aromatic nitrogens is 2. The van der Waals surface area contributed by atoms with Gasteiger partial charge < -0.3 is 10.7 Å².